The molecule has 6 nitrogen and oxygen atoms in total. The molecule has 6 heteroatoms. The second-order valence-electron chi connectivity index (χ2n) is 5.46. The van der Waals surface area contributed by atoms with Crippen LogP contribution in [0.2, 0.25) is 0 Å². The summed E-state index contributed by atoms with van der Waals surface area (Å²) in [6.07, 6.45) is 0.0630. The number of hydrogen-bond acceptors (Lipinski definition) is 4. The molecular formula is C14H29N3O3. The zero-order valence-electron chi connectivity index (χ0n) is 13.4. The first-order chi connectivity index (χ1) is 9.32. The molecule has 0 aromatic carbocycles. The maximum absolute atomic E-state index is 11.4. The number of hydrogen-bond donors (Lipinski definition) is 2. The van der Waals surface area contributed by atoms with Gasteiger partial charge in [0.1, 0.15) is 6.61 Å². The van der Waals surface area contributed by atoms with Gasteiger partial charge in [-0.2, -0.15) is 0 Å². The van der Waals surface area contributed by atoms with E-state index in [4.69, 9.17) is 4.74 Å². The Morgan fingerprint density at radius 2 is 1.60 bits per heavy atom. The summed E-state index contributed by atoms with van der Waals surface area (Å²) in [6, 6.07) is 0. The number of likely N-dealkylation sites (N-methyl/N-ethyl adjacent to an activating group) is 1. The second kappa shape index (κ2) is 10.6. The molecule has 0 aromatic heterocycles. The maximum Gasteiger partial charge on any atom is 0.246 e. The molecule has 0 rings (SSSR count). The van der Waals surface area contributed by atoms with Gasteiger partial charge < -0.3 is 20.3 Å². The Morgan fingerprint density at radius 1 is 1.05 bits per heavy atom. The molecule has 0 spiro atoms. The molecule has 2 amide bonds. The van der Waals surface area contributed by atoms with Gasteiger partial charge in [0, 0.05) is 32.1 Å². The number of rotatable bonds is 10. The number of amides is 2. The molecule has 0 aliphatic rings. The quantitative estimate of drug-likeness (QED) is 0.603. The number of nitrogens with zero attached hydrogens (tertiary/aromatic N) is 1. The summed E-state index contributed by atoms with van der Waals surface area (Å²) in [6.45, 7) is 10.3. The Kier molecular flexibility index (Phi) is 10.0. The van der Waals surface area contributed by atoms with Crippen molar-refractivity contribution in [3.8, 4) is 0 Å². The minimum absolute atomic E-state index is 0.0144. The van der Waals surface area contributed by atoms with Gasteiger partial charge in [0.25, 0.3) is 0 Å². The van der Waals surface area contributed by atoms with Crippen LogP contribution in [-0.2, 0) is 14.3 Å². The van der Waals surface area contributed by atoms with Crippen molar-refractivity contribution in [1.29, 1.82) is 0 Å². The molecule has 0 aromatic rings. The van der Waals surface area contributed by atoms with E-state index in [-0.39, 0.29) is 30.4 Å². The molecule has 0 heterocycles. The van der Waals surface area contributed by atoms with Crippen LogP contribution in [0.4, 0.5) is 0 Å². The Bertz CT molecular complexity index is 293. The highest BCUT2D eigenvalue weighted by Gasteiger charge is 2.07. The van der Waals surface area contributed by atoms with E-state index in [1.165, 1.54) is 0 Å². The molecule has 20 heavy (non-hydrogen) atoms. The number of ether oxygens (including phenoxy) is 1. The Balaban J connectivity index is 3.56. The monoisotopic (exact) mass is 287 g/mol. The van der Waals surface area contributed by atoms with Gasteiger partial charge in [-0.05, 0) is 20.9 Å². The van der Waals surface area contributed by atoms with Crippen molar-refractivity contribution in [1.82, 2.24) is 15.5 Å². The van der Waals surface area contributed by atoms with E-state index in [2.05, 4.69) is 15.5 Å². The van der Waals surface area contributed by atoms with Gasteiger partial charge in [-0.25, -0.2) is 0 Å². The summed E-state index contributed by atoms with van der Waals surface area (Å²) in [5.41, 5.74) is 0. The highest BCUT2D eigenvalue weighted by atomic mass is 16.5. The van der Waals surface area contributed by atoms with Crippen LogP contribution in [-0.4, -0.2) is 62.7 Å². The minimum atomic E-state index is -0.0970. The summed E-state index contributed by atoms with van der Waals surface area (Å²) in [4.78, 5) is 24.8. The van der Waals surface area contributed by atoms with E-state index in [9.17, 15) is 9.59 Å². The van der Waals surface area contributed by atoms with Crippen LogP contribution in [0.3, 0.4) is 0 Å². The fourth-order valence-electron chi connectivity index (χ4n) is 1.37. The van der Waals surface area contributed by atoms with Gasteiger partial charge in [0.15, 0.2) is 0 Å². The summed E-state index contributed by atoms with van der Waals surface area (Å²) in [5, 5.41) is 5.65. The van der Waals surface area contributed by atoms with Crippen molar-refractivity contribution >= 4 is 11.8 Å². The van der Waals surface area contributed by atoms with Crippen LogP contribution in [0, 0.1) is 5.92 Å². The van der Waals surface area contributed by atoms with Crippen LogP contribution in [0.1, 0.15) is 27.7 Å². The zero-order chi connectivity index (χ0) is 15.5. The van der Waals surface area contributed by atoms with E-state index in [0.717, 1.165) is 13.1 Å². The topological polar surface area (TPSA) is 70.7 Å². The molecular weight excluding hydrogens is 258 g/mol. The molecule has 0 radical (unpaired) electrons. The molecule has 0 fully saturated rings. The molecule has 0 aliphatic carbocycles. The highest BCUT2D eigenvalue weighted by Crippen LogP contribution is 1.90. The smallest absolute Gasteiger partial charge is 0.246 e. The standard InChI is InChI=1S/C14H29N3O3/c1-11(2)14(19)16-7-9-17(5)8-6-15-13(18)10-20-12(3)4/h11-12H,6-10H2,1-5H3,(H,15,18)(H,16,19). The molecule has 0 saturated heterocycles. The average Bonchev–Trinajstić information content (AvgIpc) is 2.36. The zero-order valence-corrected chi connectivity index (χ0v) is 13.4. The summed E-state index contributed by atoms with van der Waals surface area (Å²) in [5.74, 6) is -0.0155. The molecule has 2 N–H and O–H groups in total. The predicted octanol–water partition coefficient (Wildman–Crippen LogP) is 0.232. The van der Waals surface area contributed by atoms with Crippen molar-refractivity contribution < 1.29 is 14.3 Å². The fraction of sp³-hybridized carbons (Fsp3) is 0.857. The first kappa shape index (κ1) is 18.9. The van der Waals surface area contributed by atoms with Gasteiger partial charge in [-0.1, -0.05) is 13.8 Å². The SMILES string of the molecule is CC(C)OCC(=O)NCCN(C)CCNC(=O)C(C)C. The number of nitrogens with one attached hydrogen (secondary N) is 2. The van der Waals surface area contributed by atoms with Gasteiger partial charge >= 0.3 is 0 Å². The van der Waals surface area contributed by atoms with E-state index in [1.54, 1.807) is 0 Å². The van der Waals surface area contributed by atoms with Crippen molar-refractivity contribution in [2.24, 2.45) is 5.92 Å². The molecule has 118 valence electrons. The van der Waals surface area contributed by atoms with Crippen LogP contribution >= 0.6 is 0 Å². The third-order valence-corrected chi connectivity index (χ3v) is 2.68. The van der Waals surface area contributed by atoms with Gasteiger partial charge in [0.2, 0.25) is 11.8 Å². The van der Waals surface area contributed by atoms with Crippen LogP contribution in [0.5, 0.6) is 0 Å². The van der Waals surface area contributed by atoms with E-state index in [0.29, 0.717) is 13.1 Å². The lowest BCUT2D eigenvalue weighted by molar-refractivity contribution is -0.127. The Hall–Kier alpha value is -1.14. The van der Waals surface area contributed by atoms with Gasteiger partial charge in [0.05, 0.1) is 6.10 Å². The van der Waals surface area contributed by atoms with Crippen molar-refractivity contribution in [2.45, 2.75) is 33.8 Å². The molecule has 0 saturated carbocycles. The summed E-state index contributed by atoms with van der Waals surface area (Å²) >= 11 is 0. The van der Waals surface area contributed by atoms with Crippen LogP contribution in [0.15, 0.2) is 0 Å². The van der Waals surface area contributed by atoms with Crippen molar-refractivity contribution in [3.63, 3.8) is 0 Å². The molecule has 0 aliphatic heterocycles. The van der Waals surface area contributed by atoms with E-state index < -0.39 is 0 Å². The first-order valence-electron chi connectivity index (χ1n) is 7.17. The van der Waals surface area contributed by atoms with Gasteiger partial charge in [-0.3, -0.25) is 9.59 Å². The fourth-order valence-corrected chi connectivity index (χ4v) is 1.37. The second-order valence-corrected chi connectivity index (χ2v) is 5.46. The third-order valence-electron chi connectivity index (χ3n) is 2.68. The lowest BCUT2D eigenvalue weighted by atomic mass is 10.2. The van der Waals surface area contributed by atoms with Crippen LogP contribution in [0.25, 0.3) is 0 Å². The summed E-state index contributed by atoms with van der Waals surface area (Å²) in [7, 11) is 1.96. The first-order valence-corrected chi connectivity index (χ1v) is 7.17. The highest BCUT2D eigenvalue weighted by molar-refractivity contribution is 5.77. The lowest BCUT2D eigenvalue weighted by Gasteiger charge is -2.17. The largest absolute Gasteiger partial charge is 0.369 e. The lowest BCUT2D eigenvalue weighted by Crippen LogP contribution is -2.39. The van der Waals surface area contributed by atoms with Gasteiger partial charge in [-0.15, -0.1) is 0 Å². The summed E-state index contributed by atoms with van der Waals surface area (Å²) < 4.78 is 5.20. The Labute approximate surface area is 122 Å². The minimum Gasteiger partial charge on any atom is -0.369 e. The normalized spacial score (nSPS) is 11.2. The molecule has 0 atom stereocenters. The number of carbonyl (C=O) groups is 2. The maximum atomic E-state index is 11.4. The number of carbonyl (C=O) groups excluding carboxylic acids is 2. The van der Waals surface area contributed by atoms with Crippen molar-refractivity contribution in [3.05, 3.63) is 0 Å². The average molecular weight is 287 g/mol. The van der Waals surface area contributed by atoms with Crippen LogP contribution < -0.4 is 10.6 Å². The molecule has 0 unspecified atom stereocenters. The third kappa shape index (κ3) is 10.8. The molecule has 0 bridgehead atoms. The van der Waals surface area contributed by atoms with Crippen molar-refractivity contribution in [2.75, 3.05) is 39.8 Å². The van der Waals surface area contributed by atoms with E-state index >= 15 is 0 Å². The Morgan fingerprint density at radius 3 is 2.10 bits per heavy atom. The predicted molar refractivity (Wildman–Crippen MR) is 79.4 cm³/mol. The van der Waals surface area contributed by atoms with E-state index in [1.807, 2.05) is 34.7 Å².